The van der Waals surface area contributed by atoms with Gasteiger partial charge in [0.15, 0.2) is 0 Å². The number of amides is 1. The van der Waals surface area contributed by atoms with Gasteiger partial charge in [0.05, 0.1) is 18.4 Å². The molecule has 114 valence electrons. The summed E-state index contributed by atoms with van der Waals surface area (Å²) in [6, 6.07) is 7.56. The van der Waals surface area contributed by atoms with Gasteiger partial charge in [-0.2, -0.15) is 0 Å². The molecule has 1 aliphatic heterocycles. The average Bonchev–Trinajstić information content (AvgIpc) is 2.52. The molecule has 1 atom stereocenters. The Hall–Kier alpha value is -1.49. The molecule has 1 aromatic carbocycles. The summed E-state index contributed by atoms with van der Waals surface area (Å²) >= 11 is 1.40. The minimum Gasteiger partial charge on any atom is -0.465 e. The van der Waals surface area contributed by atoms with Crippen molar-refractivity contribution < 1.29 is 14.3 Å². The normalized spacial score (nSPS) is 18.4. The van der Waals surface area contributed by atoms with Crippen molar-refractivity contribution in [3.8, 4) is 0 Å². The molecule has 0 spiro atoms. The summed E-state index contributed by atoms with van der Waals surface area (Å²) < 4.78 is 4.77. The molecule has 1 aromatic rings. The van der Waals surface area contributed by atoms with E-state index in [0.717, 1.165) is 24.3 Å². The monoisotopic (exact) mass is 307 g/mol. The van der Waals surface area contributed by atoms with E-state index in [9.17, 15) is 9.59 Å². The smallest absolute Gasteiger partial charge is 0.338 e. The van der Waals surface area contributed by atoms with Crippen molar-refractivity contribution in [2.75, 3.05) is 19.4 Å². The summed E-state index contributed by atoms with van der Waals surface area (Å²) in [5, 5.41) is 0. The number of methoxy groups -OCH3 is 1. The topological polar surface area (TPSA) is 46.6 Å². The van der Waals surface area contributed by atoms with Gasteiger partial charge in [0.1, 0.15) is 0 Å². The molecule has 21 heavy (non-hydrogen) atoms. The number of nitrogens with zero attached hydrogens (tertiary/aromatic N) is 1. The van der Waals surface area contributed by atoms with Crippen LogP contribution in [0.4, 0.5) is 0 Å². The molecule has 1 aliphatic rings. The SMILES string of the molecule is COC(=O)c1ccccc1SCC(=O)N1CCCCC1C. The number of esters is 1. The van der Waals surface area contributed by atoms with Crippen molar-refractivity contribution in [3.63, 3.8) is 0 Å². The Morgan fingerprint density at radius 3 is 2.81 bits per heavy atom. The summed E-state index contributed by atoms with van der Waals surface area (Å²) in [7, 11) is 1.37. The Morgan fingerprint density at radius 2 is 2.10 bits per heavy atom. The molecule has 0 aliphatic carbocycles. The van der Waals surface area contributed by atoms with Crippen LogP contribution in [-0.4, -0.2) is 42.2 Å². The fourth-order valence-corrected chi connectivity index (χ4v) is 3.49. The van der Waals surface area contributed by atoms with E-state index in [2.05, 4.69) is 6.92 Å². The summed E-state index contributed by atoms with van der Waals surface area (Å²) in [5.74, 6) is 0.141. The fourth-order valence-electron chi connectivity index (χ4n) is 2.56. The van der Waals surface area contributed by atoms with Crippen LogP contribution in [0, 0.1) is 0 Å². The van der Waals surface area contributed by atoms with E-state index < -0.39 is 0 Å². The Labute approximate surface area is 129 Å². The Balaban J connectivity index is 1.99. The molecule has 0 N–H and O–H groups in total. The highest BCUT2D eigenvalue weighted by Crippen LogP contribution is 2.25. The lowest BCUT2D eigenvalue weighted by molar-refractivity contribution is -0.131. The number of likely N-dealkylation sites (tertiary alicyclic amines) is 1. The van der Waals surface area contributed by atoms with Crippen LogP contribution in [0.1, 0.15) is 36.5 Å². The molecule has 1 amide bonds. The van der Waals surface area contributed by atoms with Crippen molar-refractivity contribution in [1.82, 2.24) is 4.90 Å². The van der Waals surface area contributed by atoms with Crippen LogP contribution in [0.5, 0.6) is 0 Å². The van der Waals surface area contributed by atoms with E-state index in [4.69, 9.17) is 4.74 Å². The first-order chi connectivity index (χ1) is 10.1. The number of hydrogen-bond acceptors (Lipinski definition) is 4. The number of thioether (sulfide) groups is 1. The van der Waals surface area contributed by atoms with Crippen LogP contribution >= 0.6 is 11.8 Å². The second kappa shape index (κ2) is 7.50. The summed E-state index contributed by atoms with van der Waals surface area (Å²) in [6.07, 6.45) is 3.36. The quantitative estimate of drug-likeness (QED) is 0.634. The third-order valence-corrected chi connectivity index (χ3v) is 4.83. The number of carbonyl (C=O) groups is 2. The van der Waals surface area contributed by atoms with Crippen LogP contribution in [0.25, 0.3) is 0 Å². The lowest BCUT2D eigenvalue weighted by Crippen LogP contribution is -2.42. The third kappa shape index (κ3) is 4.00. The van der Waals surface area contributed by atoms with E-state index >= 15 is 0 Å². The van der Waals surface area contributed by atoms with Gasteiger partial charge >= 0.3 is 5.97 Å². The Bertz CT molecular complexity index is 518. The standard InChI is InChI=1S/C16H21NO3S/c1-12-7-5-6-10-17(12)15(18)11-21-14-9-4-3-8-13(14)16(19)20-2/h3-4,8-9,12H,5-7,10-11H2,1-2H3. The van der Waals surface area contributed by atoms with Crippen LogP contribution in [0.3, 0.4) is 0 Å². The minimum atomic E-state index is -0.364. The lowest BCUT2D eigenvalue weighted by atomic mass is 10.0. The van der Waals surface area contributed by atoms with Gasteiger partial charge in [-0.25, -0.2) is 4.79 Å². The first-order valence-corrected chi connectivity index (χ1v) is 8.21. The lowest BCUT2D eigenvalue weighted by Gasteiger charge is -2.33. The Morgan fingerprint density at radius 1 is 1.33 bits per heavy atom. The molecule has 1 saturated heterocycles. The van der Waals surface area contributed by atoms with Gasteiger partial charge in [-0.05, 0) is 38.3 Å². The third-order valence-electron chi connectivity index (χ3n) is 3.77. The van der Waals surface area contributed by atoms with Gasteiger partial charge in [-0.3, -0.25) is 4.79 Å². The van der Waals surface area contributed by atoms with Crippen molar-refractivity contribution in [2.45, 2.75) is 37.1 Å². The molecule has 0 aromatic heterocycles. The maximum atomic E-state index is 12.3. The number of carbonyl (C=O) groups excluding carboxylic acids is 2. The summed E-state index contributed by atoms with van der Waals surface area (Å²) in [6.45, 7) is 2.95. The highest BCUT2D eigenvalue weighted by molar-refractivity contribution is 8.00. The van der Waals surface area contributed by atoms with Crippen LogP contribution in [-0.2, 0) is 9.53 Å². The average molecular weight is 307 g/mol. The van der Waals surface area contributed by atoms with Crippen molar-refractivity contribution in [2.24, 2.45) is 0 Å². The molecule has 1 fully saturated rings. The zero-order valence-electron chi connectivity index (χ0n) is 12.5. The largest absolute Gasteiger partial charge is 0.465 e. The van der Waals surface area contributed by atoms with E-state index in [0.29, 0.717) is 17.4 Å². The molecular weight excluding hydrogens is 286 g/mol. The highest BCUT2D eigenvalue weighted by Gasteiger charge is 2.23. The van der Waals surface area contributed by atoms with E-state index in [1.807, 2.05) is 17.0 Å². The Kier molecular flexibility index (Phi) is 5.67. The van der Waals surface area contributed by atoms with E-state index in [1.165, 1.54) is 25.3 Å². The predicted octanol–water partition coefficient (Wildman–Crippen LogP) is 2.97. The molecule has 4 nitrogen and oxygen atoms in total. The first kappa shape index (κ1) is 15.9. The van der Waals surface area contributed by atoms with Gasteiger partial charge in [-0.15, -0.1) is 11.8 Å². The van der Waals surface area contributed by atoms with E-state index in [-0.39, 0.29) is 11.9 Å². The zero-order valence-corrected chi connectivity index (χ0v) is 13.3. The maximum absolute atomic E-state index is 12.3. The van der Waals surface area contributed by atoms with Crippen molar-refractivity contribution >= 4 is 23.6 Å². The van der Waals surface area contributed by atoms with Crippen molar-refractivity contribution in [1.29, 1.82) is 0 Å². The minimum absolute atomic E-state index is 0.145. The predicted molar refractivity (Wildman–Crippen MR) is 83.5 cm³/mol. The van der Waals surface area contributed by atoms with Crippen LogP contribution < -0.4 is 0 Å². The number of piperidine rings is 1. The molecule has 2 rings (SSSR count). The van der Waals surface area contributed by atoms with Crippen LogP contribution in [0.2, 0.25) is 0 Å². The maximum Gasteiger partial charge on any atom is 0.338 e. The van der Waals surface area contributed by atoms with Crippen molar-refractivity contribution in [3.05, 3.63) is 29.8 Å². The van der Waals surface area contributed by atoms with Gasteiger partial charge in [-0.1, -0.05) is 12.1 Å². The van der Waals surface area contributed by atoms with Gasteiger partial charge < -0.3 is 9.64 Å². The number of rotatable bonds is 4. The summed E-state index contributed by atoms with van der Waals surface area (Å²) in [4.78, 5) is 26.8. The molecular formula is C16H21NO3S. The molecule has 1 heterocycles. The number of benzene rings is 1. The van der Waals surface area contributed by atoms with Gasteiger partial charge in [0, 0.05) is 17.5 Å². The summed E-state index contributed by atoms with van der Waals surface area (Å²) in [5.41, 5.74) is 0.518. The number of ether oxygens (including phenoxy) is 1. The first-order valence-electron chi connectivity index (χ1n) is 7.23. The second-order valence-corrected chi connectivity index (χ2v) is 6.23. The van der Waals surface area contributed by atoms with Gasteiger partial charge in [0.25, 0.3) is 0 Å². The molecule has 0 saturated carbocycles. The molecule has 0 bridgehead atoms. The molecule has 0 radical (unpaired) electrons. The number of hydrogen-bond donors (Lipinski definition) is 0. The highest BCUT2D eigenvalue weighted by atomic mass is 32.2. The molecule has 5 heteroatoms. The van der Waals surface area contributed by atoms with Gasteiger partial charge in [0.2, 0.25) is 5.91 Å². The fraction of sp³-hybridized carbons (Fsp3) is 0.500. The second-order valence-electron chi connectivity index (χ2n) is 5.21. The molecule has 1 unspecified atom stereocenters. The zero-order chi connectivity index (χ0) is 15.2. The van der Waals surface area contributed by atoms with E-state index in [1.54, 1.807) is 12.1 Å². The van der Waals surface area contributed by atoms with Crippen LogP contribution in [0.15, 0.2) is 29.2 Å².